The molecule has 0 amide bonds. The Labute approximate surface area is 104 Å². The van der Waals surface area contributed by atoms with Crippen molar-refractivity contribution >= 4 is 0 Å². The molecular formula is C13H26N2O2. The Balaban J connectivity index is 1.84. The summed E-state index contributed by atoms with van der Waals surface area (Å²) in [4.78, 5) is 2.31. The highest BCUT2D eigenvalue weighted by atomic mass is 16.5. The third-order valence-corrected chi connectivity index (χ3v) is 4.28. The molecule has 17 heavy (non-hydrogen) atoms. The molecule has 100 valence electrons. The maximum absolute atomic E-state index is 10.5. The predicted molar refractivity (Wildman–Crippen MR) is 67.9 cm³/mol. The minimum atomic E-state index is -0.547. The molecule has 2 unspecified atom stereocenters. The highest BCUT2D eigenvalue weighted by molar-refractivity contribution is 4.88. The number of nitrogens with two attached hydrogens (primary N) is 1. The van der Waals surface area contributed by atoms with Crippen LogP contribution in [-0.4, -0.2) is 54.5 Å². The largest absolute Gasteiger partial charge is 0.388 e. The van der Waals surface area contributed by atoms with E-state index in [1.54, 1.807) is 0 Å². The van der Waals surface area contributed by atoms with Crippen LogP contribution in [0.15, 0.2) is 0 Å². The number of hydrogen-bond acceptors (Lipinski definition) is 4. The van der Waals surface area contributed by atoms with Crippen molar-refractivity contribution in [2.24, 2.45) is 5.73 Å². The minimum absolute atomic E-state index is 0.348. The minimum Gasteiger partial charge on any atom is -0.388 e. The van der Waals surface area contributed by atoms with Crippen LogP contribution in [-0.2, 0) is 4.74 Å². The van der Waals surface area contributed by atoms with Crippen LogP contribution in [0.2, 0.25) is 0 Å². The summed E-state index contributed by atoms with van der Waals surface area (Å²) in [6.45, 7) is 2.14. The van der Waals surface area contributed by atoms with E-state index in [-0.39, 0.29) is 0 Å². The molecule has 3 N–H and O–H groups in total. The van der Waals surface area contributed by atoms with Gasteiger partial charge in [0.25, 0.3) is 0 Å². The molecule has 0 aromatic carbocycles. The Hall–Kier alpha value is -0.160. The second kappa shape index (κ2) is 5.65. The van der Waals surface area contributed by atoms with E-state index in [0.717, 1.165) is 32.2 Å². The average molecular weight is 242 g/mol. The first-order valence-corrected chi connectivity index (χ1v) is 6.85. The Kier molecular flexibility index (Phi) is 4.42. The van der Waals surface area contributed by atoms with E-state index in [1.165, 1.54) is 12.8 Å². The van der Waals surface area contributed by atoms with Gasteiger partial charge in [0.2, 0.25) is 0 Å². The molecule has 1 aliphatic carbocycles. The van der Waals surface area contributed by atoms with Crippen LogP contribution >= 0.6 is 0 Å². The third kappa shape index (κ3) is 3.65. The van der Waals surface area contributed by atoms with Crippen molar-refractivity contribution in [3.8, 4) is 0 Å². The molecule has 2 rings (SSSR count). The van der Waals surface area contributed by atoms with Gasteiger partial charge >= 0.3 is 0 Å². The van der Waals surface area contributed by atoms with Crippen LogP contribution in [0.4, 0.5) is 0 Å². The van der Waals surface area contributed by atoms with Crippen LogP contribution in [0.25, 0.3) is 0 Å². The number of hydrogen-bond donors (Lipinski definition) is 2. The number of ether oxygens (including phenoxy) is 1. The summed E-state index contributed by atoms with van der Waals surface area (Å²) in [6.07, 6.45) is 6.19. The van der Waals surface area contributed by atoms with Crippen LogP contribution in [0.1, 0.15) is 38.5 Å². The van der Waals surface area contributed by atoms with Crippen molar-refractivity contribution in [1.29, 1.82) is 0 Å². The molecule has 0 aromatic rings. The quantitative estimate of drug-likeness (QED) is 0.766. The average Bonchev–Trinajstić information content (AvgIpc) is 2.29. The standard InChI is InChI=1S/C13H26N2O2/c1-15(12-4-2-3-11(14)9-12)10-13(16)5-7-17-8-6-13/h11-12,16H,2-10,14H2,1H3. The molecule has 2 atom stereocenters. The van der Waals surface area contributed by atoms with Gasteiger partial charge in [0.15, 0.2) is 0 Å². The van der Waals surface area contributed by atoms with Gasteiger partial charge in [-0.25, -0.2) is 0 Å². The Morgan fingerprint density at radius 2 is 2.06 bits per heavy atom. The summed E-state index contributed by atoms with van der Waals surface area (Å²) < 4.78 is 5.31. The van der Waals surface area contributed by atoms with Crippen molar-refractivity contribution < 1.29 is 9.84 Å². The smallest absolute Gasteiger partial charge is 0.0817 e. The molecule has 0 radical (unpaired) electrons. The van der Waals surface area contributed by atoms with E-state index in [9.17, 15) is 5.11 Å². The molecule has 0 aromatic heterocycles. The first-order valence-electron chi connectivity index (χ1n) is 6.85. The molecule has 1 saturated carbocycles. The summed E-state index contributed by atoms with van der Waals surface area (Å²) in [7, 11) is 2.12. The van der Waals surface area contributed by atoms with Gasteiger partial charge in [0, 0.05) is 44.7 Å². The fourth-order valence-electron chi connectivity index (χ4n) is 3.10. The van der Waals surface area contributed by atoms with E-state index in [2.05, 4.69) is 11.9 Å². The first kappa shape index (κ1) is 13.3. The summed E-state index contributed by atoms with van der Waals surface area (Å²) in [5.41, 5.74) is 5.47. The Morgan fingerprint density at radius 1 is 1.35 bits per heavy atom. The van der Waals surface area contributed by atoms with Gasteiger partial charge < -0.3 is 20.5 Å². The van der Waals surface area contributed by atoms with Gasteiger partial charge in [0.05, 0.1) is 5.60 Å². The number of rotatable bonds is 3. The van der Waals surface area contributed by atoms with Gasteiger partial charge in [-0.3, -0.25) is 0 Å². The maximum Gasteiger partial charge on any atom is 0.0817 e. The fraction of sp³-hybridized carbons (Fsp3) is 1.00. The van der Waals surface area contributed by atoms with E-state index < -0.39 is 5.60 Å². The lowest BCUT2D eigenvalue weighted by Crippen LogP contribution is -2.50. The lowest BCUT2D eigenvalue weighted by atomic mass is 9.88. The van der Waals surface area contributed by atoms with Crippen molar-refractivity contribution in [2.75, 3.05) is 26.8 Å². The van der Waals surface area contributed by atoms with Crippen molar-refractivity contribution in [2.45, 2.75) is 56.2 Å². The van der Waals surface area contributed by atoms with Gasteiger partial charge in [-0.2, -0.15) is 0 Å². The lowest BCUT2D eigenvalue weighted by molar-refractivity contribution is -0.0831. The van der Waals surface area contributed by atoms with Gasteiger partial charge in [-0.1, -0.05) is 6.42 Å². The van der Waals surface area contributed by atoms with Crippen LogP contribution < -0.4 is 5.73 Å². The van der Waals surface area contributed by atoms with E-state index in [0.29, 0.717) is 25.3 Å². The zero-order chi connectivity index (χ0) is 12.3. The van der Waals surface area contributed by atoms with Gasteiger partial charge in [-0.15, -0.1) is 0 Å². The topological polar surface area (TPSA) is 58.7 Å². The Morgan fingerprint density at radius 3 is 2.71 bits per heavy atom. The molecule has 4 nitrogen and oxygen atoms in total. The van der Waals surface area contributed by atoms with Crippen molar-refractivity contribution in [3.63, 3.8) is 0 Å². The molecule has 1 heterocycles. The van der Waals surface area contributed by atoms with Gasteiger partial charge in [0.1, 0.15) is 0 Å². The zero-order valence-electron chi connectivity index (χ0n) is 10.9. The summed E-state index contributed by atoms with van der Waals surface area (Å²) in [5.74, 6) is 0. The predicted octanol–water partition coefficient (Wildman–Crippen LogP) is 0.730. The molecule has 1 saturated heterocycles. The van der Waals surface area contributed by atoms with E-state index >= 15 is 0 Å². The maximum atomic E-state index is 10.5. The summed E-state index contributed by atoms with van der Waals surface area (Å²) in [6, 6.07) is 0.895. The zero-order valence-corrected chi connectivity index (χ0v) is 10.9. The number of likely N-dealkylation sites (N-methyl/N-ethyl adjacent to an activating group) is 1. The molecule has 0 spiro atoms. The second-order valence-corrected chi connectivity index (χ2v) is 5.83. The molecular weight excluding hydrogens is 216 g/mol. The third-order valence-electron chi connectivity index (χ3n) is 4.28. The molecule has 4 heteroatoms. The molecule has 0 bridgehead atoms. The lowest BCUT2D eigenvalue weighted by Gasteiger charge is -2.40. The molecule has 2 fully saturated rings. The molecule has 2 aliphatic rings. The summed E-state index contributed by atoms with van der Waals surface area (Å²) >= 11 is 0. The van der Waals surface area contributed by atoms with E-state index in [4.69, 9.17) is 10.5 Å². The van der Waals surface area contributed by atoms with Gasteiger partial charge in [-0.05, 0) is 26.3 Å². The van der Waals surface area contributed by atoms with Crippen molar-refractivity contribution in [1.82, 2.24) is 4.90 Å². The first-order chi connectivity index (χ1) is 8.09. The van der Waals surface area contributed by atoms with E-state index in [1.807, 2.05) is 0 Å². The Bertz CT molecular complexity index is 242. The van der Waals surface area contributed by atoms with Crippen LogP contribution in [0, 0.1) is 0 Å². The normalized spacial score (nSPS) is 33.9. The summed E-state index contributed by atoms with van der Waals surface area (Å²) in [5, 5.41) is 10.5. The highest BCUT2D eigenvalue weighted by Crippen LogP contribution is 2.26. The second-order valence-electron chi connectivity index (χ2n) is 5.83. The SMILES string of the molecule is CN(CC1(O)CCOCC1)C1CCCC(N)C1. The van der Waals surface area contributed by atoms with Crippen LogP contribution in [0.5, 0.6) is 0 Å². The number of nitrogens with zero attached hydrogens (tertiary/aromatic N) is 1. The molecule has 1 aliphatic heterocycles. The number of aliphatic hydroxyl groups is 1. The van der Waals surface area contributed by atoms with Crippen molar-refractivity contribution in [3.05, 3.63) is 0 Å². The highest BCUT2D eigenvalue weighted by Gasteiger charge is 2.33. The monoisotopic (exact) mass is 242 g/mol. The van der Waals surface area contributed by atoms with Crippen LogP contribution in [0.3, 0.4) is 0 Å². The fourth-order valence-corrected chi connectivity index (χ4v) is 3.10.